The number of amides is 2. The largest absolute Gasteiger partial charge is 0.339 e. The zero-order valence-electron chi connectivity index (χ0n) is 15.8. The lowest BCUT2D eigenvalue weighted by Gasteiger charge is -2.50. The second-order valence-corrected chi connectivity index (χ2v) is 8.83. The van der Waals surface area contributed by atoms with E-state index in [4.69, 9.17) is 11.6 Å². The van der Waals surface area contributed by atoms with Crippen LogP contribution in [0.15, 0.2) is 53.9 Å². The Balaban J connectivity index is 1.50. The third-order valence-electron chi connectivity index (χ3n) is 5.50. The Morgan fingerprint density at radius 1 is 1.18 bits per heavy atom. The number of fused-ring (bicyclic) bond motifs is 1. The summed E-state index contributed by atoms with van der Waals surface area (Å²) in [4.78, 5) is 29.6. The first-order valence-electron chi connectivity index (χ1n) is 9.18. The molecular weight excluding hydrogens is 392 g/mol. The van der Waals surface area contributed by atoms with Crippen LogP contribution in [-0.4, -0.2) is 40.7 Å². The van der Waals surface area contributed by atoms with Gasteiger partial charge < -0.3 is 9.80 Å². The van der Waals surface area contributed by atoms with Crippen molar-refractivity contribution in [1.82, 2.24) is 9.80 Å². The summed E-state index contributed by atoms with van der Waals surface area (Å²) in [7, 11) is 1.78. The van der Waals surface area contributed by atoms with Crippen LogP contribution in [0.2, 0.25) is 5.02 Å². The minimum absolute atomic E-state index is 0.0429. The van der Waals surface area contributed by atoms with Crippen LogP contribution in [0.5, 0.6) is 0 Å². The van der Waals surface area contributed by atoms with Gasteiger partial charge in [-0.2, -0.15) is 0 Å². The van der Waals surface area contributed by atoms with Crippen molar-refractivity contribution < 1.29 is 9.59 Å². The third-order valence-corrected chi connectivity index (χ3v) is 6.65. The number of hydrogen-bond acceptors (Lipinski definition) is 3. The lowest BCUT2D eigenvalue weighted by Crippen LogP contribution is -2.67. The number of nitrogens with zero attached hydrogens (tertiary/aromatic N) is 2. The van der Waals surface area contributed by atoms with Crippen LogP contribution in [0.3, 0.4) is 0 Å². The summed E-state index contributed by atoms with van der Waals surface area (Å²) in [6.07, 6.45) is 0.670. The maximum atomic E-state index is 13.1. The molecule has 4 nitrogen and oxygen atoms in total. The standard InChI is InChI=1S/C22H21ClN2O2S/c1-22(21(27)24(2)14-15-3-6-18(23)7-4-15)10-11-25(22)20(26)17-5-8-19-16(13-17)9-12-28-19/h3-9,12-13H,10-11,14H2,1-2H3. The zero-order chi connectivity index (χ0) is 19.9. The molecule has 6 heteroatoms. The fourth-order valence-electron chi connectivity index (χ4n) is 3.71. The summed E-state index contributed by atoms with van der Waals surface area (Å²) in [5.74, 6) is -0.131. The average molecular weight is 413 g/mol. The van der Waals surface area contributed by atoms with Crippen molar-refractivity contribution >= 4 is 44.8 Å². The van der Waals surface area contributed by atoms with E-state index in [0.717, 1.165) is 15.6 Å². The van der Waals surface area contributed by atoms with Crippen LogP contribution in [-0.2, 0) is 11.3 Å². The fourth-order valence-corrected chi connectivity index (χ4v) is 4.61. The molecule has 0 aliphatic carbocycles. The van der Waals surface area contributed by atoms with Crippen molar-refractivity contribution in [3.05, 3.63) is 70.1 Å². The highest BCUT2D eigenvalue weighted by Gasteiger charge is 2.50. The van der Waals surface area contributed by atoms with Gasteiger partial charge in [0.1, 0.15) is 5.54 Å². The smallest absolute Gasteiger partial charge is 0.254 e. The first kappa shape index (κ1) is 19.0. The molecule has 4 rings (SSSR count). The van der Waals surface area contributed by atoms with Gasteiger partial charge in [-0.3, -0.25) is 9.59 Å². The molecule has 1 aromatic heterocycles. The molecule has 0 N–H and O–H groups in total. The first-order chi connectivity index (χ1) is 13.4. The van der Waals surface area contributed by atoms with Crippen molar-refractivity contribution in [2.45, 2.75) is 25.4 Å². The van der Waals surface area contributed by atoms with Crippen LogP contribution >= 0.6 is 22.9 Å². The number of hydrogen-bond donors (Lipinski definition) is 0. The monoisotopic (exact) mass is 412 g/mol. The molecule has 3 aromatic rings. The van der Waals surface area contributed by atoms with Gasteiger partial charge in [-0.15, -0.1) is 11.3 Å². The van der Waals surface area contributed by atoms with Gasteiger partial charge in [-0.25, -0.2) is 0 Å². The molecule has 2 heterocycles. The summed E-state index contributed by atoms with van der Waals surface area (Å²) >= 11 is 7.58. The highest BCUT2D eigenvalue weighted by molar-refractivity contribution is 7.17. The lowest BCUT2D eigenvalue weighted by atomic mass is 9.84. The highest BCUT2D eigenvalue weighted by Crippen LogP contribution is 2.34. The minimum atomic E-state index is -0.804. The van der Waals surface area contributed by atoms with E-state index < -0.39 is 5.54 Å². The second-order valence-electron chi connectivity index (χ2n) is 7.44. The number of carbonyl (C=O) groups excluding carboxylic acids is 2. The van der Waals surface area contributed by atoms with Gasteiger partial charge in [0, 0.05) is 35.4 Å². The summed E-state index contributed by atoms with van der Waals surface area (Å²) in [5.41, 5.74) is 0.830. The van der Waals surface area contributed by atoms with E-state index in [2.05, 4.69) is 0 Å². The SMILES string of the molecule is CN(Cc1ccc(Cl)cc1)C(=O)C1(C)CCN1C(=O)c1ccc2sccc2c1. The Hall–Kier alpha value is -2.37. The van der Waals surface area contributed by atoms with Gasteiger partial charge in [0.2, 0.25) is 5.91 Å². The molecule has 1 saturated heterocycles. The summed E-state index contributed by atoms with van der Waals surface area (Å²) in [6.45, 7) is 2.93. The zero-order valence-corrected chi connectivity index (χ0v) is 17.4. The van der Waals surface area contributed by atoms with Crippen molar-refractivity contribution in [3.8, 4) is 0 Å². The Bertz CT molecular complexity index is 1050. The highest BCUT2D eigenvalue weighted by atomic mass is 35.5. The molecule has 1 aliphatic heterocycles. The molecule has 1 atom stereocenters. The Kier molecular flexibility index (Phi) is 4.89. The summed E-state index contributed by atoms with van der Waals surface area (Å²) in [5, 5.41) is 3.74. The molecule has 1 unspecified atom stereocenters. The van der Waals surface area contributed by atoms with Crippen LogP contribution in [0.1, 0.15) is 29.3 Å². The average Bonchev–Trinajstić information content (AvgIpc) is 3.15. The van der Waals surface area contributed by atoms with E-state index in [-0.39, 0.29) is 11.8 Å². The molecule has 0 radical (unpaired) electrons. The van der Waals surface area contributed by atoms with Crippen LogP contribution in [0.4, 0.5) is 0 Å². The predicted molar refractivity (Wildman–Crippen MR) is 114 cm³/mol. The van der Waals surface area contributed by atoms with Crippen LogP contribution in [0, 0.1) is 0 Å². The number of halogens is 1. The van der Waals surface area contributed by atoms with Crippen molar-refractivity contribution in [3.63, 3.8) is 0 Å². The number of rotatable bonds is 4. The van der Waals surface area contributed by atoms with Gasteiger partial charge in [-0.05, 0) is 66.1 Å². The second kappa shape index (κ2) is 7.22. The fraction of sp³-hybridized carbons (Fsp3) is 0.273. The molecule has 2 aromatic carbocycles. The van der Waals surface area contributed by atoms with E-state index >= 15 is 0 Å². The number of thiophene rings is 1. The Labute approximate surface area is 173 Å². The van der Waals surface area contributed by atoms with E-state index in [9.17, 15) is 9.59 Å². The van der Waals surface area contributed by atoms with Gasteiger partial charge in [0.05, 0.1) is 0 Å². The first-order valence-corrected chi connectivity index (χ1v) is 10.4. The van der Waals surface area contributed by atoms with Gasteiger partial charge in [0.25, 0.3) is 5.91 Å². The molecule has 0 bridgehead atoms. The number of benzene rings is 2. The Morgan fingerprint density at radius 2 is 1.93 bits per heavy atom. The number of likely N-dealkylation sites (N-methyl/N-ethyl adjacent to an activating group) is 1. The summed E-state index contributed by atoms with van der Waals surface area (Å²) < 4.78 is 1.15. The number of carbonyl (C=O) groups is 2. The molecule has 144 valence electrons. The van der Waals surface area contributed by atoms with E-state index in [1.54, 1.807) is 28.2 Å². The molecular formula is C22H21ClN2O2S. The minimum Gasteiger partial charge on any atom is -0.339 e. The van der Waals surface area contributed by atoms with E-state index in [1.807, 2.05) is 60.8 Å². The maximum absolute atomic E-state index is 13.1. The van der Waals surface area contributed by atoms with E-state index in [0.29, 0.717) is 30.1 Å². The molecule has 0 saturated carbocycles. The molecule has 2 amide bonds. The number of likely N-dealkylation sites (tertiary alicyclic amines) is 1. The third kappa shape index (κ3) is 3.29. The normalized spacial score (nSPS) is 18.8. The van der Waals surface area contributed by atoms with E-state index in [1.165, 1.54) is 0 Å². The predicted octanol–water partition coefficient (Wildman–Crippen LogP) is 4.82. The molecule has 28 heavy (non-hydrogen) atoms. The molecule has 0 spiro atoms. The van der Waals surface area contributed by atoms with Crippen LogP contribution in [0.25, 0.3) is 10.1 Å². The van der Waals surface area contributed by atoms with Crippen molar-refractivity contribution in [2.75, 3.05) is 13.6 Å². The maximum Gasteiger partial charge on any atom is 0.254 e. The Morgan fingerprint density at radius 3 is 2.61 bits per heavy atom. The van der Waals surface area contributed by atoms with Gasteiger partial charge in [-0.1, -0.05) is 23.7 Å². The molecule has 1 aliphatic rings. The van der Waals surface area contributed by atoms with Crippen LogP contribution < -0.4 is 0 Å². The van der Waals surface area contributed by atoms with Gasteiger partial charge >= 0.3 is 0 Å². The quantitative estimate of drug-likeness (QED) is 0.616. The lowest BCUT2D eigenvalue weighted by molar-refractivity contribution is -0.148. The van der Waals surface area contributed by atoms with Crippen molar-refractivity contribution in [1.29, 1.82) is 0 Å². The van der Waals surface area contributed by atoms with Gasteiger partial charge in [0.15, 0.2) is 0 Å². The summed E-state index contributed by atoms with van der Waals surface area (Å²) in [6, 6.07) is 15.2. The molecule has 1 fully saturated rings. The van der Waals surface area contributed by atoms with Crippen molar-refractivity contribution in [2.24, 2.45) is 0 Å². The topological polar surface area (TPSA) is 40.6 Å².